The van der Waals surface area contributed by atoms with E-state index in [1.165, 1.54) is 11.1 Å². The molecule has 1 aromatic carbocycles. The highest BCUT2D eigenvalue weighted by atomic mass is 35.5. The molecule has 0 radical (unpaired) electrons. The molecular formula is C11H18ClNO. The van der Waals surface area contributed by atoms with Gasteiger partial charge in [0, 0.05) is 12.6 Å². The summed E-state index contributed by atoms with van der Waals surface area (Å²) in [6.07, 6.45) is 0.629. The molecule has 0 unspecified atom stereocenters. The molecule has 3 N–H and O–H groups in total. The average Bonchev–Trinajstić information content (AvgIpc) is 2.04. The Bertz CT molecular complexity index is 289. The first-order valence-electron chi connectivity index (χ1n) is 4.58. The van der Waals surface area contributed by atoms with E-state index in [4.69, 9.17) is 10.8 Å². The maximum absolute atomic E-state index is 8.76. The summed E-state index contributed by atoms with van der Waals surface area (Å²) in [7, 11) is 0. The van der Waals surface area contributed by atoms with Crippen molar-refractivity contribution in [2.45, 2.75) is 26.3 Å². The molecule has 0 saturated heterocycles. The first-order valence-corrected chi connectivity index (χ1v) is 4.58. The molecule has 0 heterocycles. The van der Waals surface area contributed by atoms with Gasteiger partial charge in [0.2, 0.25) is 0 Å². The average molecular weight is 216 g/mol. The fraction of sp³-hybridized carbons (Fsp3) is 0.455. The Hall–Kier alpha value is -0.570. The van der Waals surface area contributed by atoms with Crippen LogP contribution in [0.2, 0.25) is 0 Å². The smallest absolute Gasteiger partial charge is 0.0449 e. The van der Waals surface area contributed by atoms with Gasteiger partial charge in [0.15, 0.2) is 0 Å². The number of hydrogen-bond acceptors (Lipinski definition) is 2. The minimum absolute atomic E-state index is 0. The lowest BCUT2D eigenvalue weighted by Gasteiger charge is -2.13. The van der Waals surface area contributed by atoms with Gasteiger partial charge in [0.25, 0.3) is 0 Å². The van der Waals surface area contributed by atoms with Crippen molar-refractivity contribution >= 4 is 12.4 Å². The Morgan fingerprint density at radius 1 is 1.36 bits per heavy atom. The van der Waals surface area contributed by atoms with Gasteiger partial charge in [-0.25, -0.2) is 0 Å². The summed E-state index contributed by atoms with van der Waals surface area (Å²) < 4.78 is 0. The van der Waals surface area contributed by atoms with E-state index in [9.17, 15) is 0 Å². The summed E-state index contributed by atoms with van der Waals surface area (Å²) in [6.45, 7) is 4.27. The molecule has 0 aliphatic heterocycles. The van der Waals surface area contributed by atoms with Crippen molar-refractivity contribution in [1.29, 1.82) is 0 Å². The summed E-state index contributed by atoms with van der Waals surface area (Å²) in [5.41, 5.74) is 9.49. The van der Waals surface area contributed by atoms with Crippen LogP contribution in [0.15, 0.2) is 18.2 Å². The fourth-order valence-electron chi connectivity index (χ4n) is 1.54. The number of aryl methyl sites for hydroxylation is 2. The molecule has 2 nitrogen and oxygen atoms in total. The van der Waals surface area contributed by atoms with E-state index in [1.54, 1.807) is 0 Å². The fourth-order valence-corrected chi connectivity index (χ4v) is 1.54. The molecule has 1 rings (SSSR count). The Labute approximate surface area is 91.5 Å². The molecule has 0 bridgehead atoms. The predicted molar refractivity (Wildman–Crippen MR) is 61.8 cm³/mol. The van der Waals surface area contributed by atoms with E-state index in [-0.39, 0.29) is 25.1 Å². The van der Waals surface area contributed by atoms with Crippen LogP contribution in [0.4, 0.5) is 0 Å². The highest BCUT2D eigenvalue weighted by Crippen LogP contribution is 2.18. The second kappa shape index (κ2) is 6.02. The normalized spacial score (nSPS) is 12.0. The van der Waals surface area contributed by atoms with Crippen LogP contribution in [0, 0.1) is 13.8 Å². The molecule has 1 aromatic rings. The molecular weight excluding hydrogens is 198 g/mol. The molecule has 0 spiro atoms. The van der Waals surface area contributed by atoms with Gasteiger partial charge in [-0.3, -0.25) is 0 Å². The van der Waals surface area contributed by atoms with Crippen LogP contribution in [0.3, 0.4) is 0 Å². The van der Waals surface area contributed by atoms with E-state index in [0.717, 1.165) is 5.56 Å². The Morgan fingerprint density at radius 2 is 2.00 bits per heavy atom. The van der Waals surface area contributed by atoms with E-state index < -0.39 is 0 Å². The zero-order valence-corrected chi connectivity index (χ0v) is 9.47. The van der Waals surface area contributed by atoms with Crippen molar-refractivity contribution in [1.82, 2.24) is 0 Å². The van der Waals surface area contributed by atoms with Gasteiger partial charge in [0.1, 0.15) is 0 Å². The Kier molecular flexibility index (Phi) is 5.77. The topological polar surface area (TPSA) is 46.2 Å². The number of rotatable bonds is 3. The van der Waals surface area contributed by atoms with Crippen molar-refractivity contribution in [3.63, 3.8) is 0 Å². The standard InChI is InChI=1S/C11H17NO.ClH/c1-8-3-4-10(9(2)7-8)11(12)5-6-13;/h3-4,7,11,13H,5-6,12H2,1-2H3;1H/t11-;/m1./s1. The van der Waals surface area contributed by atoms with Gasteiger partial charge in [-0.1, -0.05) is 23.8 Å². The number of benzene rings is 1. The molecule has 0 fully saturated rings. The third kappa shape index (κ3) is 3.29. The largest absolute Gasteiger partial charge is 0.396 e. The molecule has 3 heteroatoms. The van der Waals surface area contributed by atoms with Crippen molar-refractivity contribution in [2.24, 2.45) is 5.73 Å². The molecule has 0 aliphatic rings. The molecule has 80 valence electrons. The lowest BCUT2D eigenvalue weighted by molar-refractivity contribution is 0.276. The number of aliphatic hydroxyl groups excluding tert-OH is 1. The maximum atomic E-state index is 8.76. The summed E-state index contributed by atoms with van der Waals surface area (Å²) in [6, 6.07) is 6.18. The number of aliphatic hydroxyl groups is 1. The second-order valence-electron chi connectivity index (χ2n) is 3.48. The highest BCUT2D eigenvalue weighted by molar-refractivity contribution is 5.85. The minimum Gasteiger partial charge on any atom is -0.396 e. The molecule has 0 saturated carbocycles. The highest BCUT2D eigenvalue weighted by Gasteiger charge is 2.07. The zero-order valence-electron chi connectivity index (χ0n) is 8.66. The van der Waals surface area contributed by atoms with Crippen LogP contribution in [0.5, 0.6) is 0 Å². The molecule has 14 heavy (non-hydrogen) atoms. The van der Waals surface area contributed by atoms with Crippen molar-refractivity contribution in [2.75, 3.05) is 6.61 Å². The van der Waals surface area contributed by atoms with Crippen molar-refractivity contribution < 1.29 is 5.11 Å². The van der Waals surface area contributed by atoms with Gasteiger partial charge < -0.3 is 10.8 Å². The van der Waals surface area contributed by atoms with Crippen LogP contribution in [-0.2, 0) is 0 Å². The van der Waals surface area contributed by atoms with Gasteiger partial charge in [0.05, 0.1) is 0 Å². The SMILES string of the molecule is Cc1ccc([C@H](N)CCO)c(C)c1.Cl. The van der Waals surface area contributed by atoms with Crippen LogP contribution in [-0.4, -0.2) is 11.7 Å². The first kappa shape index (κ1) is 13.4. The van der Waals surface area contributed by atoms with E-state index in [1.807, 2.05) is 6.07 Å². The predicted octanol–water partition coefficient (Wildman–Crippen LogP) is 2.11. The third-order valence-electron chi connectivity index (χ3n) is 2.26. The third-order valence-corrected chi connectivity index (χ3v) is 2.26. The summed E-state index contributed by atoms with van der Waals surface area (Å²) >= 11 is 0. The first-order chi connectivity index (χ1) is 6.15. The van der Waals surface area contributed by atoms with Crippen molar-refractivity contribution in [3.05, 3.63) is 34.9 Å². The number of nitrogens with two attached hydrogens (primary N) is 1. The van der Waals surface area contributed by atoms with E-state index in [2.05, 4.69) is 26.0 Å². The number of hydrogen-bond donors (Lipinski definition) is 2. The van der Waals surface area contributed by atoms with E-state index in [0.29, 0.717) is 6.42 Å². The van der Waals surface area contributed by atoms with Crippen LogP contribution < -0.4 is 5.73 Å². The van der Waals surface area contributed by atoms with Gasteiger partial charge in [-0.05, 0) is 31.4 Å². The zero-order chi connectivity index (χ0) is 9.84. The Balaban J connectivity index is 0.00000169. The molecule has 0 aliphatic carbocycles. The monoisotopic (exact) mass is 215 g/mol. The maximum Gasteiger partial charge on any atom is 0.0449 e. The van der Waals surface area contributed by atoms with E-state index >= 15 is 0 Å². The summed E-state index contributed by atoms with van der Waals surface area (Å²) in [5.74, 6) is 0. The minimum atomic E-state index is -0.0365. The quantitative estimate of drug-likeness (QED) is 0.812. The second-order valence-corrected chi connectivity index (χ2v) is 3.48. The van der Waals surface area contributed by atoms with Gasteiger partial charge in [-0.15, -0.1) is 12.4 Å². The van der Waals surface area contributed by atoms with Crippen LogP contribution >= 0.6 is 12.4 Å². The lowest BCUT2D eigenvalue weighted by Crippen LogP contribution is -2.13. The van der Waals surface area contributed by atoms with Gasteiger partial charge in [-0.2, -0.15) is 0 Å². The lowest BCUT2D eigenvalue weighted by atomic mass is 9.98. The summed E-state index contributed by atoms with van der Waals surface area (Å²) in [4.78, 5) is 0. The molecule has 0 amide bonds. The number of halogens is 1. The van der Waals surface area contributed by atoms with Crippen LogP contribution in [0.1, 0.15) is 29.2 Å². The Morgan fingerprint density at radius 3 is 2.50 bits per heavy atom. The van der Waals surface area contributed by atoms with Gasteiger partial charge >= 0.3 is 0 Å². The molecule has 1 atom stereocenters. The van der Waals surface area contributed by atoms with Crippen molar-refractivity contribution in [3.8, 4) is 0 Å². The summed E-state index contributed by atoms with van der Waals surface area (Å²) in [5, 5.41) is 8.76. The van der Waals surface area contributed by atoms with Crippen LogP contribution in [0.25, 0.3) is 0 Å². The molecule has 0 aromatic heterocycles.